The normalized spacial score (nSPS) is 14.4. The molecule has 1 aliphatic rings. The van der Waals surface area contributed by atoms with E-state index in [0.717, 1.165) is 17.7 Å². The predicted octanol–water partition coefficient (Wildman–Crippen LogP) is 2.20. The second kappa shape index (κ2) is 10.4. The van der Waals surface area contributed by atoms with Gasteiger partial charge in [0.05, 0.1) is 17.4 Å². The van der Waals surface area contributed by atoms with Crippen molar-refractivity contribution in [3.05, 3.63) is 70.3 Å². The van der Waals surface area contributed by atoms with Gasteiger partial charge >= 0.3 is 0 Å². The van der Waals surface area contributed by atoms with Crippen molar-refractivity contribution in [1.29, 1.82) is 0 Å². The number of benzene rings is 2. The summed E-state index contributed by atoms with van der Waals surface area (Å²) in [5.41, 5.74) is 2.43. The highest BCUT2D eigenvalue weighted by atomic mass is 16.2. The quantitative estimate of drug-likeness (QED) is 0.579. The van der Waals surface area contributed by atoms with Crippen LogP contribution in [0.3, 0.4) is 0 Å². The van der Waals surface area contributed by atoms with E-state index in [0.29, 0.717) is 55.9 Å². The van der Waals surface area contributed by atoms with Crippen molar-refractivity contribution in [3.63, 3.8) is 0 Å². The average Bonchev–Trinajstić information content (AvgIpc) is 2.83. The summed E-state index contributed by atoms with van der Waals surface area (Å²) in [6, 6.07) is 15.0. The van der Waals surface area contributed by atoms with Crippen LogP contribution in [0.1, 0.15) is 24.7 Å². The first kappa shape index (κ1) is 22.7. The van der Waals surface area contributed by atoms with Gasteiger partial charge in [0, 0.05) is 44.7 Å². The summed E-state index contributed by atoms with van der Waals surface area (Å²) >= 11 is 0. The molecule has 0 saturated carbocycles. The van der Waals surface area contributed by atoms with E-state index in [4.69, 9.17) is 0 Å². The minimum Gasteiger partial charge on any atom is -0.340 e. The van der Waals surface area contributed by atoms with Gasteiger partial charge in [0.25, 0.3) is 5.56 Å². The molecule has 2 heterocycles. The number of hydrogen-bond donors (Lipinski definition) is 2. The molecule has 8 nitrogen and oxygen atoms in total. The minimum atomic E-state index is -0.184. The van der Waals surface area contributed by atoms with E-state index in [1.165, 1.54) is 0 Å². The number of nitrogens with zero attached hydrogens (tertiary/aromatic N) is 3. The van der Waals surface area contributed by atoms with Crippen molar-refractivity contribution < 1.29 is 9.59 Å². The minimum absolute atomic E-state index is 0.0341. The smallest absolute Gasteiger partial charge is 0.258 e. The van der Waals surface area contributed by atoms with Gasteiger partial charge < -0.3 is 15.2 Å². The molecule has 4 rings (SSSR count). The third-order valence-electron chi connectivity index (χ3n) is 6.00. The number of nitrogens with one attached hydrogen (secondary N) is 2. The standard InChI is InChI=1S/C25H29N5O3/c1-2-18-7-3-5-9-20(18)27-23(31)17-29-13-15-30(16-14-29)24(32)12-11-22-26-21-10-6-4-8-19(21)25(33)28-22/h3-10H,2,11-17H2,1H3,(H,27,31)(H,26,28,33). The Morgan fingerprint density at radius 1 is 1.03 bits per heavy atom. The fourth-order valence-corrected chi connectivity index (χ4v) is 4.14. The van der Waals surface area contributed by atoms with Gasteiger partial charge in [-0.05, 0) is 30.2 Å². The molecule has 0 radical (unpaired) electrons. The molecular weight excluding hydrogens is 418 g/mol. The van der Waals surface area contributed by atoms with E-state index >= 15 is 0 Å². The van der Waals surface area contributed by atoms with Crippen LogP contribution in [0.25, 0.3) is 10.9 Å². The number of aromatic nitrogens is 2. The number of fused-ring (bicyclic) bond motifs is 1. The molecule has 0 aliphatic carbocycles. The molecule has 172 valence electrons. The number of H-pyrrole nitrogens is 1. The van der Waals surface area contributed by atoms with Crippen molar-refractivity contribution in [2.24, 2.45) is 0 Å². The number of hydrogen-bond acceptors (Lipinski definition) is 5. The van der Waals surface area contributed by atoms with E-state index in [2.05, 4.69) is 27.1 Å². The van der Waals surface area contributed by atoms with Crippen LogP contribution in [0.5, 0.6) is 0 Å². The SMILES string of the molecule is CCc1ccccc1NC(=O)CN1CCN(C(=O)CCc2nc3ccccc3c(=O)[nH]2)CC1. The van der Waals surface area contributed by atoms with Crippen LogP contribution >= 0.6 is 0 Å². The summed E-state index contributed by atoms with van der Waals surface area (Å²) in [5.74, 6) is 0.517. The Bertz CT molecular complexity index is 1200. The van der Waals surface area contributed by atoms with Crippen LogP contribution in [0.2, 0.25) is 0 Å². The molecule has 2 amide bonds. The number of para-hydroxylation sites is 2. The summed E-state index contributed by atoms with van der Waals surface area (Å²) < 4.78 is 0. The number of carbonyl (C=O) groups is 2. The fraction of sp³-hybridized carbons (Fsp3) is 0.360. The Morgan fingerprint density at radius 3 is 2.55 bits per heavy atom. The van der Waals surface area contributed by atoms with Gasteiger partial charge in [-0.1, -0.05) is 37.3 Å². The van der Waals surface area contributed by atoms with Crippen LogP contribution in [-0.2, 0) is 22.4 Å². The van der Waals surface area contributed by atoms with Crippen LogP contribution in [0, 0.1) is 0 Å². The van der Waals surface area contributed by atoms with Crippen molar-refractivity contribution in [2.75, 3.05) is 38.0 Å². The number of rotatable bonds is 7. The molecule has 0 spiro atoms. The maximum Gasteiger partial charge on any atom is 0.258 e. The molecule has 1 aromatic heterocycles. The lowest BCUT2D eigenvalue weighted by Crippen LogP contribution is -2.50. The van der Waals surface area contributed by atoms with Gasteiger partial charge in [-0.15, -0.1) is 0 Å². The van der Waals surface area contributed by atoms with Gasteiger partial charge in [-0.2, -0.15) is 0 Å². The molecule has 1 aliphatic heterocycles. The van der Waals surface area contributed by atoms with Crippen molar-refractivity contribution >= 4 is 28.4 Å². The highest BCUT2D eigenvalue weighted by molar-refractivity contribution is 5.93. The van der Waals surface area contributed by atoms with Crippen LogP contribution in [-0.4, -0.2) is 64.3 Å². The summed E-state index contributed by atoms with van der Waals surface area (Å²) in [6.45, 7) is 4.84. The molecule has 0 atom stereocenters. The monoisotopic (exact) mass is 447 g/mol. The lowest BCUT2D eigenvalue weighted by atomic mass is 10.1. The van der Waals surface area contributed by atoms with Crippen molar-refractivity contribution in [2.45, 2.75) is 26.2 Å². The molecule has 0 unspecified atom stereocenters. The average molecular weight is 448 g/mol. The Balaban J connectivity index is 1.24. The first-order valence-corrected chi connectivity index (χ1v) is 11.4. The first-order chi connectivity index (χ1) is 16.0. The maximum atomic E-state index is 12.7. The van der Waals surface area contributed by atoms with Crippen molar-refractivity contribution in [3.8, 4) is 0 Å². The third-order valence-corrected chi connectivity index (χ3v) is 6.00. The first-order valence-electron chi connectivity index (χ1n) is 11.4. The summed E-state index contributed by atoms with van der Waals surface area (Å²) in [5, 5.41) is 3.55. The third kappa shape index (κ3) is 5.64. The van der Waals surface area contributed by atoms with Crippen molar-refractivity contribution in [1.82, 2.24) is 19.8 Å². The van der Waals surface area contributed by atoms with E-state index in [-0.39, 0.29) is 23.8 Å². The molecular formula is C25H29N5O3. The van der Waals surface area contributed by atoms with E-state index in [1.54, 1.807) is 18.2 Å². The van der Waals surface area contributed by atoms with E-state index < -0.39 is 0 Å². The molecule has 33 heavy (non-hydrogen) atoms. The van der Waals surface area contributed by atoms with Gasteiger partial charge in [-0.25, -0.2) is 4.98 Å². The van der Waals surface area contributed by atoms with Gasteiger partial charge in [0.15, 0.2) is 0 Å². The topological polar surface area (TPSA) is 98.4 Å². The molecule has 1 fully saturated rings. The van der Waals surface area contributed by atoms with Crippen LogP contribution in [0.4, 0.5) is 5.69 Å². The second-order valence-electron chi connectivity index (χ2n) is 8.25. The summed E-state index contributed by atoms with van der Waals surface area (Å²) in [6.07, 6.45) is 1.54. The predicted molar refractivity (Wildman–Crippen MR) is 128 cm³/mol. The fourth-order valence-electron chi connectivity index (χ4n) is 4.14. The highest BCUT2D eigenvalue weighted by Gasteiger charge is 2.22. The molecule has 1 saturated heterocycles. The molecule has 3 aromatic rings. The number of aryl methyl sites for hydroxylation is 2. The lowest BCUT2D eigenvalue weighted by Gasteiger charge is -2.34. The lowest BCUT2D eigenvalue weighted by molar-refractivity contribution is -0.133. The number of carbonyl (C=O) groups excluding carboxylic acids is 2. The second-order valence-corrected chi connectivity index (χ2v) is 8.25. The van der Waals surface area contributed by atoms with Gasteiger partial charge in [-0.3, -0.25) is 19.3 Å². The Labute approximate surface area is 192 Å². The zero-order chi connectivity index (χ0) is 23.2. The molecule has 2 N–H and O–H groups in total. The zero-order valence-corrected chi connectivity index (χ0v) is 18.8. The van der Waals surface area contributed by atoms with Gasteiger partial charge in [0.2, 0.25) is 11.8 Å². The number of anilines is 1. The zero-order valence-electron chi connectivity index (χ0n) is 18.8. The molecule has 2 aromatic carbocycles. The van der Waals surface area contributed by atoms with Crippen LogP contribution < -0.4 is 10.9 Å². The molecule has 8 heteroatoms. The highest BCUT2D eigenvalue weighted by Crippen LogP contribution is 2.15. The molecule has 0 bridgehead atoms. The van der Waals surface area contributed by atoms with Gasteiger partial charge in [0.1, 0.15) is 5.82 Å². The Hall–Kier alpha value is -3.52. The van der Waals surface area contributed by atoms with Crippen LogP contribution in [0.15, 0.2) is 53.3 Å². The Kier molecular flexibility index (Phi) is 7.14. The number of aromatic amines is 1. The number of amides is 2. The van der Waals surface area contributed by atoms with E-state index in [1.807, 2.05) is 35.2 Å². The maximum absolute atomic E-state index is 12.7. The van der Waals surface area contributed by atoms with E-state index in [9.17, 15) is 14.4 Å². The summed E-state index contributed by atoms with van der Waals surface area (Å²) in [7, 11) is 0. The largest absolute Gasteiger partial charge is 0.340 e. The number of piperazine rings is 1. The Morgan fingerprint density at radius 2 is 1.76 bits per heavy atom. The summed E-state index contributed by atoms with van der Waals surface area (Å²) in [4.78, 5) is 48.5.